The molecule has 0 saturated carbocycles. The molecule has 1 aromatic rings. The average molecular weight is 373 g/mol. The summed E-state index contributed by atoms with van der Waals surface area (Å²) in [6.07, 6.45) is 3.35. The number of likely N-dealkylation sites (tertiary alicyclic amines) is 1. The topological polar surface area (TPSA) is 61.9 Å². The summed E-state index contributed by atoms with van der Waals surface area (Å²) in [6, 6.07) is 3.94. The van der Waals surface area contributed by atoms with Gasteiger partial charge < -0.3 is 19.9 Å². The van der Waals surface area contributed by atoms with E-state index in [1.54, 1.807) is 0 Å². The molecule has 2 aliphatic rings. The lowest BCUT2D eigenvalue weighted by Gasteiger charge is -2.34. The molecule has 6 heteroatoms. The smallest absolute Gasteiger partial charge is 0.260 e. The van der Waals surface area contributed by atoms with Crippen molar-refractivity contribution in [1.29, 1.82) is 0 Å². The quantitative estimate of drug-likeness (QED) is 0.878. The highest BCUT2D eigenvalue weighted by Gasteiger charge is 2.25. The lowest BCUT2D eigenvalue weighted by atomic mass is 10.0. The molecule has 6 nitrogen and oxygen atoms in total. The summed E-state index contributed by atoms with van der Waals surface area (Å²) in [4.78, 5) is 29.0. The third-order valence-electron chi connectivity index (χ3n) is 5.52. The summed E-state index contributed by atoms with van der Waals surface area (Å²) in [5.74, 6) is 0.819. The Morgan fingerprint density at radius 3 is 2.41 bits per heavy atom. The fourth-order valence-corrected chi connectivity index (χ4v) is 3.98. The molecule has 2 aliphatic heterocycles. The zero-order chi connectivity index (χ0) is 19.4. The van der Waals surface area contributed by atoms with E-state index in [9.17, 15) is 9.59 Å². The number of ether oxygens (including phenoxy) is 1. The van der Waals surface area contributed by atoms with Crippen LogP contribution in [0.25, 0.3) is 0 Å². The maximum Gasteiger partial charge on any atom is 0.260 e. The highest BCUT2D eigenvalue weighted by atomic mass is 16.5. The van der Waals surface area contributed by atoms with Gasteiger partial charge in [-0.15, -0.1) is 0 Å². The van der Waals surface area contributed by atoms with Crippen molar-refractivity contribution in [2.24, 2.45) is 0 Å². The number of nitrogens with zero attached hydrogens (tertiary/aromatic N) is 2. The van der Waals surface area contributed by atoms with Crippen LogP contribution in [0.1, 0.15) is 47.7 Å². The van der Waals surface area contributed by atoms with Crippen LogP contribution in [0.3, 0.4) is 0 Å². The molecule has 2 heterocycles. The lowest BCUT2D eigenvalue weighted by Crippen LogP contribution is -2.52. The van der Waals surface area contributed by atoms with E-state index in [0.29, 0.717) is 11.3 Å². The summed E-state index contributed by atoms with van der Waals surface area (Å²) < 4.78 is 5.86. The van der Waals surface area contributed by atoms with E-state index in [1.807, 2.05) is 35.8 Å². The molecule has 2 fully saturated rings. The van der Waals surface area contributed by atoms with Gasteiger partial charge in [0.25, 0.3) is 11.8 Å². The first-order valence-corrected chi connectivity index (χ1v) is 10.0. The van der Waals surface area contributed by atoms with Crippen LogP contribution in [0, 0.1) is 13.8 Å². The number of benzene rings is 1. The SMILES string of the molecule is Cc1cc(C(=O)N2CCNC[C@@H]2C)cc(C)c1OCC(=O)N1CCCCC1. The van der Waals surface area contributed by atoms with Crippen LogP contribution in [0.5, 0.6) is 5.75 Å². The van der Waals surface area contributed by atoms with E-state index in [2.05, 4.69) is 12.2 Å². The van der Waals surface area contributed by atoms with Crippen LogP contribution < -0.4 is 10.1 Å². The minimum atomic E-state index is 0.0447. The number of piperazine rings is 1. The monoisotopic (exact) mass is 373 g/mol. The van der Waals surface area contributed by atoms with Gasteiger partial charge in [0, 0.05) is 44.3 Å². The molecule has 1 aromatic carbocycles. The van der Waals surface area contributed by atoms with Gasteiger partial charge in [0.15, 0.2) is 6.61 Å². The first kappa shape index (κ1) is 19.7. The van der Waals surface area contributed by atoms with Crippen molar-refractivity contribution in [3.63, 3.8) is 0 Å². The number of aryl methyl sites for hydroxylation is 2. The first-order chi connectivity index (χ1) is 13.0. The second-order valence-electron chi connectivity index (χ2n) is 7.72. The standard InChI is InChI=1S/C21H31N3O3/c1-15-11-18(21(26)24-10-7-22-13-17(24)3)12-16(2)20(15)27-14-19(25)23-8-5-4-6-9-23/h11-12,17,22H,4-10,13-14H2,1-3H3/t17-/m0/s1. The summed E-state index contributed by atoms with van der Waals surface area (Å²) >= 11 is 0. The number of amides is 2. The number of nitrogens with one attached hydrogen (secondary N) is 1. The van der Waals surface area contributed by atoms with Gasteiger partial charge in [0.05, 0.1) is 0 Å². The minimum Gasteiger partial charge on any atom is -0.483 e. The van der Waals surface area contributed by atoms with Crippen molar-refractivity contribution >= 4 is 11.8 Å². The van der Waals surface area contributed by atoms with Crippen molar-refractivity contribution < 1.29 is 14.3 Å². The molecule has 0 aliphatic carbocycles. The predicted octanol–water partition coefficient (Wildman–Crippen LogP) is 2.13. The van der Waals surface area contributed by atoms with E-state index in [0.717, 1.165) is 56.7 Å². The third-order valence-corrected chi connectivity index (χ3v) is 5.52. The Labute approximate surface area is 161 Å². The van der Waals surface area contributed by atoms with Gasteiger partial charge in [-0.05, 0) is 63.3 Å². The molecule has 27 heavy (non-hydrogen) atoms. The van der Waals surface area contributed by atoms with Gasteiger partial charge in [-0.1, -0.05) is 0 Å². The molecule has 3 rings (SSSR count). The van der Waals surface area contributed by atoms with Gasteiger partial charge in [-0.25, -0.2) is 0 Å². The Morgan fingerprint density at radius 2 is 1.78 bits per heavy atom. The molecular formula is C21H31N3O3. The normalized spacial score (nSPS) is 20.5. The van der Waals surface area contributed by atoms with Crippen LogP contribution in [0.2, 0.25) is 0 Å². The summed E-state index contributed by atoms with van der Waals surface area (Å²) in [6.45, 7) is 10.0. The highest BCUT2D eigenvalue weighted by Crippen LogP contribution is 2.26. The maximum absolute atomic E-state index is 12.9. The first-order valence-electron chi connectivity index (χ1n) is 10.0. The number of carbonyl (C=O) groups excluding carboxylic acids is 2. The fourth-order valence-electron chi connectivity index (χ4n) is 3.98. The van der Waals surface area contributed by atoms with Crippen LogP contribution in [0.15, 0.2) is 12.1 Å². The van der Waals surface area contributed by atoms with E-state index in [4.69, 9.17) is 4.74 Å². The van der Waals surface area contributed by atoms with Gasteiger partial charge in [0.1, 0.15) is 5.75 Å². The van der Waals surface area contributed by atoms with Crippen molar-refractivity contribution in [3.05, 3.63) is 28.8 Å². The minimum absolute atomic E-state index is 0.0447. The largest absolute Gasteiger partial charge is 0.483 e. The Kier molecular flexibility index (Phi) is 6.37. The maximum atomic E-state index is 12.9. The fraction of sp³-hybridized carbons (Fsp3) is 0.619. The van der Waals surface area contributed by atoms with Crippen LogP contribution in [-0.2, 0) is 4.79 Å². The van der Waals surface area contributed by atoms with E-state index in [-0.39, 0.29) is 24.5 Å². The molecule has 0 radical (unpaired) electrons. The summed E-state index contributed by atoms with van der Waals surface area (Å²) in [5, 5.41) is 3.31. The Morgan fingerprint density at radius 1 is 1.11 bits per heavy atom. The Bertz CT molecular complexity index is 675. The van der Waals surface area contributed by atoms with Gasteiger partial charge in [-0.3, -0.25) is 9.59 Å². The van der Waals surface area contributed by atoms with Crippen molar-refractivity contribution in [1.82, 2.24) is 15.1 Å². The van der Waals surface area contributed by atoms with Crippen LogP contribution in [-0.4, -0.2) is 67.0 Å². The molecule has 0 spiro atoms. The molecule has 148 valence electrons. The van der Waals surface area contributed by atoms with Gasteiger partial charge in [-0.2, -0.15) is 0 Å². The molecule has 2 amide bonds. The second kappa shape index (κ2) is 8.74. The van der Waals surface area contributed by atoms with Crippen molar-refractivity contribution in [2.75, 3.05) is 39.3 Å². The number of piperidine rings is 1. The van der Waals surface area contributed by atoms with E-state index < -0.39 is 0 Å². The lowest BCUT2D eigenvalue weighted by molar-refractivity contribution is -0.134. The van der Waals surface area contributed by atoms with Crippen LogP contribution in [0.4, 0.5) is 0 Å². The van der Waals surface area contributed by atoms with Gasteiger partial charge >= 0.3 is 0 Å². The molecular weight excluding hydrogens is 342 g/mol. The highest BCUT2D eigenvalue weighted by molar-refractivity contribution is 5.95. The van der Waals surface area contributed by atoms with Crippen LogP contribution >= 0.6 is 0 Å². The summed E-state index contributed by atoms with van der Waals surface area (Å²) in [7, 11) is 0. The molecule has 1 atom stereocenters. The third kappa shape index (κ3) is 4.61. The van der Waals surface area contributed by atoms with E-state index >= 15 is 0 Å². The van der Waals surface area contributed by atoms with Crippen molar-refractivity contribution in [2.45, 2.75) is 46.1 Å². The second-order valence-corrected chi connectivity index (χ2v) is 7.72. The Balaban J connectivity index is 1.67. The zero-order valence-electron chi connectivity index (χ0n) is 16.7. The number of carbonyl (C=O) groups is 2. The Hall–Kier alpha value is -2.08. The summed E-state index contributed by atoms with van der Waals surface area (Å²) in [5.41, 5.74) is 2.48. The molecule has 2 saturated heterocycles. The number of hydrogen-bond donors (Lipinski definition) is 1. The molecule has 0 aromatic heterocycles. The molecule has 1 N–H and O–H groups in total. The van der Waals surface area contributed by atoms with Crippen molar-refractivity contribution in [3.8, 4) is 5.75 Å². The zero-order valence-corrected chi connectivity index (χ0v) is 16.7. The number of rotatable bonds is 4. The molecule has 0 bridgehead atoms. The molecule has 0 unspecified atom stereocenters. The van der Waals surface area contributed by atoms with Gasteiger partial charge in [0.2, 0.25) is 0 Å². The van der Waals surface area contributed by atoms with E-state index in [1.165, 1.54) is 6.42 Å². The average Bonchev–Trinajstić information content (AvgIpc) is 2.67. The number of hydrogen-bond acceptors (Lipinski definition) is 4. The predicted molar refractivity (Wildman–Crippen MR) is 105 cm³/mol.